The topological polar surface area (TPSA) is 75.7 Å². The van der Waals surface area contributed by atoms with Gasteiger partial charge in [0.15, 0.2) is 0 Å². The van der Waals surface area contributed by atoms with Gasteiger partial charge in [0.2, 0.25) is 10.0 Å². The monoisotopic (exact) mass is 390 g/mol. The molecule has 2 aromatic carbocycles. The van der Waals surface area contributed by atoms with Crippen LogP contribution in [0.25, 0.3) is 0 Å². The van der Waals surface area contributed by atoms with Gasteiger partial charge in [-0.2, -0.15) is 0 Å². The molecule has 1 amide bonds. The van der Waals surface area contributed by atoms with Crippen LogP contribution < -0.4 is 9.46 Å². The second-order valence-electron chi connectivity index (χ2n) is 6.54. The number of benzene rings is 2. The third kappa shape index (κ3) is 5.80. The Kier molecular flexibility index (Phi) is 6.98. The predicted molar refractivity (Wildman–Crippen MR) is 105 cm³/mol. The fraction of sp³-hybridized carbons (Fsp3) is 0.350. The molecule has 0 aromatic heterocycles. The molecule has 0 saturated heterocycles. The average molecular weight is 391 g/mol. The van der Waals surface area contributed by atoms with Crippen LogP contribution in [0.15, 0.2) is 53.4 Å². The van der Waals surface area contributed by atoms with Crippen LogP contribution in [0.5, 0.6) is 5.75 Å². The fourth-order valence-electron chi connectivity index (χ4n) is 2.60. The molecule has 0 fully saturated rings. The van der Waals surface area contributed by atoms with E-state index in [1.54, 1.807) is 37.9 Å². The zero-order chi connectivity index (χ0) is 20.0. The van der Waals surface area contributed by atoms with Crippen molar-refractivity contribution in [1.29, 1.82) is 0 Å². The van der Waals surface area contributed by atoms with E-state index < -0.39 is 10.0 Å². The standard InChI is InChI=1S/C20H26N2O4S/c1-5-26-18-11-9-16(10-12-18)14-22(4)20(23)17-7-6-8-19(13-17)27(24,25)21-15(2)3/h6-13,15,21H,5,14H2,1-4H3. The highest BCUT2D eigenvalue weighted by Crippen LogP contribution is 2.16. The molecule has 0 radical (unpaired) electrons. The van der Waals surface area contributed by atoms with Gasteiger partial charge in [0, 0.05) is 25.2 Å². The second kappa shape index (κ2) is 9.01. The van der Waals surface area contributed by atoms with Crippen molar-refractivity contribution in [2.75, 3.05) is 13.7 Å². The van der Waals surface area contributed by atoms with Crippen LogP contribution in [0.4, 0.5) is 0 Å². The van der Waals surface area contributed by atoms with Crippen LogP contribution in [0, 0.1) is 0 Å². The number of carbonyl (C=O) groups is 1. The molecule has 0 aliphatic carbocycles. The molecular formula is C20H26N2O4S. The maximum Gasteiger partial charge on any atom is 0.253 e. The Bertz CT molecular complexity index is 877. The van der Waals surface area contributed by atoms with Crippen LogP contribution in [0.1, 0.15) is 36.7 Å². The van der Waals surface area contributed by atoms with Gasteiger partial charge < -0.3 is 9.64 Å². The summed E-state index contributed by atoms with van der Waals surface area (Å²) in [5, 5.41) is 0. The van der Waals surface area contributed by atoms with E-state index in [1.165, 1.54) is 12.1 Å². The van der Waals surface area contributed by atoms with Crippen molar-refractivity contribution in [3.05, 3.63) is 59.7 Å². The van der Waals surface area contributed by atoms with Crippen molar-refractivity contribution in [1.82, 2.24) is 9.62 Å². The van der Waals surface area contributed by atoms with Crippen molar-refractivity contribution >= 4 is 15.9 Å². The van der Waals surface area contributed by atoms with E-state index in [4.69, 9.17) is 4.74 Å². The Hall–Kier alpha value is -2.38. The molecule has 0 spiro atoms. The number of nitrogens with one attached hydrogen (secondary N) is 1. The summed E-state index contributed by atoms with van der Waals surface area (Å²) in [6.07, 6.45) is 0. The molecule has 0 heterocycles. The number of carbonyl (C=O) groups excluding carboxylic acids is 1. The van der Waals surface area contributed by atoms with Gasteiger partial charge in [0.1, 0.15) is 5.75 Å². The minimum absolute atomic E-state index is 0.0801. The zero-order valence-electron chi connectivity index (χ0n) is 16.1. The third-order valence-electron chi connectivity index (χ3n) is 3.78. The Morgan fingerprint density at radius 3 is 2.41 bits per heavy atom. The average Bonchev–Trinajstić information content (AvgIpc) is 2.62. The van der Waals surface area contributed by atoms with Crippen molar-refractivity contribution in [3.63, 3.8) is 0 Å². The Morgan fingerprint density at radius 1 is 1.15 bits per heavy atom. The zero-order valence-corrected chi connectivity index (χ0v) is 16.9. The maximum absolute atomic E-state index is 12.7. The van der Waals surface area contributed by atoms with Crippen LogP contribution in [-0.4, -0.2) is 38.9 Å². The van der Waals surface area contributed by atoms with Crippen LogP contribution >= 0.6 is 0 Å². The summed E-state index contributed by atoms with van der Waals surface area (Å²) in [6.45, 7) is 6.43. The molecule has 146 valence electrons. The summed E-state index contributed by atoms with van der Waals surface area (Å²) in [6, 6.07) is 13.4. The highest BCUT2D eigenvalue weighted by Gasteiger charge is 2.19. The number of ether oxygens (including phenoxy) is 1. The van der Waals surface area contributed by atoms with E-state index in [9.17, 15) is 13.2 Å². The summed E-state index contributed by atoms with van der Waals surface area (Å²) in [5.74, 6) is 0.538. The van der Waals surface area contributed by atoms with Crippen molar-refractivity contribution in [2.24, 2.45) is 0 Å². The van der Waals surface area contributed by atoms with Gasteiger partial charge in [-0.3, -0.25) is 4.79 Å². The highest BCUT2D eigenvalue weighted by molar-refractivity contribution is 7.89. The van der Waals surface area contributed by atoms with Crippen LogP contribution in [0.3, 0.4) is 0 Å². The summed E-state index contributed by atoms with van der Waals surface area (Å²) in [4.78, 5) is 14.3. The van der Waals surface area contributed by atoms with Gasteiger partial charge in [-0.25, -0.2) is 13.1 Å². The molecule has 2 aromatic rings. The van der Waals surface area contributed by atoms with E-state index in [0.29, 0.717) is 18.7 Å². The SMILES string of the molecule is CCOc1ccc(CN(C)C(=O)c2cccc(S(=O)(=O)NC(C)C)c2)cc1. The first-order valence-corrected chi connectivity index (χ1v) is 10.3. The molecule has 6 nitrogen and oxygen atoms in total. The fourth-order valence-corrected chi connectivity index (χ4v) is 3.89. The van der Waals surface area contributed by atoms with E-state index in [-0.39, 0.29) is 16.8 Å². The smallest absolute Gasteiger partial charge is 0.253 e. The summed E-state index contributed by atoms with van der Waals surface area (Å²) < 4.78 is 32.6. The largest absolute Gasteiger partial charge is 0.494 e. The first-order chi connectivity index (χ1) is 12.7. The van der Waals surface area contributed by atoms with E-state index in [2.05, 4.69) is 4.72 Å². The van der Waals surface area contributed by atoms with Gasteiger partial charge in [-0.1, -0.05) is 18.2 Å². The molecule has 0 saturated carbocycles. The molecule has 0 bridgehead atoms. The maximum atomic E-state index is 12.7. The summed E-state index contributed by atoms with van der Waals surface area (Å²) >= 11 is 0. The molecule has 0 aliphatic heterocycles. The Balaban J connectivity index is 2.13. The first-order valence-electron chi connectivity index (χ1n) is 8.82. The Morgan fingerprint density at radius 2 is 1.81 bits per heavy atom. The van der Waals surface area contributed by atoms with E-state index >= 15 is 0 Å². The number of sulfonamides is 1. The molecule has 0 aliphatic rings. The van der Waals surface area contributed by atoms with Crippen molar-refractivity contribution in [3.8, 4) is 5.75 Å². The lowest BCUT2D eigenvalue weighted by Gasteiger charge is -2.18. The molecule has 0 atom stereocenters. The molecular weight excluding hydrogens is 364 g/mol. The summed E-state index contributed by atoms with van der Waals surface area (Å²) in [7, 11) is -1.96. The van der Waals surface area contributed by atoms with Crippen LogP contribution in [-0.2, 0) is 16.6 Å². The third-order valence-corrected chi connectivity index (χ3v) is 5.44. The van der Waals surface area contributed by atoms with Crippen molar-refractivity contribution in [2.45, 2.75) is 38.3 Å². The van der Waals surface area contributed by atoms with Crippen molar-refractivity contribution < 1.29 is 17.9 Å². The molecule has 1 N–H and O–H groups in total. The van der Waals surface area contributed by atoms with E-state index in [0.717, 1.165) is 11.3 Å². The van der Waals surface area contributed by atoms with Crippen LogP contribution in [0.2, 0.25) is 0 Å². The van der Waals surface area contributed by atoms with Gasteiger partial charge in [0.25, 0.3) is 5.91 Å². The van der Waals surface area contributed by atoms with Gasteiger partial charge >= 0.3 is 0 Å². The lowest BCUT2D eigenvalue weighted by molar-refractivity contribution is 0.0785. The second-order valence-corrected chi connectivity index (χ2v) is 8.26. The molecule has 0 unspecified atom stereocenters. The van der Waals surface area contributed by atoms with E-state index in [1.807, 2.05) is 31.2 Å². The number of nitrogens with zero attached hydrogens (tertiary/aromatic N) is 1. The number of amides is 1. The molecule has 7 heteroatoms. The van der Waals surface area contributed by atoms with Gasteiger partial charge in [-0.05, 0) is 56.7 Å². The quantitative estimate of drug-likeness (QED) is 0.752. The lowest BCUT2D eigenvalue weighted by atomic mass is 10.1. The van der Waals surface area contributed by atoms with Gasteiger partial charge in [-0.15, -0.1) is 0 Å². The Labute approximate surface area is 161 Å². The molecule has 2 rings (SSSR count). The molecule has 27 heavy (non-hydrogen) atoms. The number of hydrogen-bond donors (Lipinski definition) is 1. The predicted octanol–water partition coefficient (Wildman–Crippen LogP) is 3.04. The first kappa shape index (κ1) is 20.9. The lowest BCUT2D eigenvalue weighted by Crippen LogP contribution is -2.31. The number of hydrogen-bond acceptors (Lipinski definition) is 4. The van der Waals surface area contributed by atoms with Gasteiger partial charge in [0.05, 0.1) is 11.5 Å². The highest BCUT2D eigenvalue weighted by atomic mass is 32.2. The minimum atomic E-state index is -3.65. The number of rotatable bonds is 8. The normalized spacial score (nSPS) is 11.4. The summed E-state index contributed by atoms with van der Waals surface area (Å²) in [5.41, 5.74) is 1.29. The minimum Gasteiger partial charge on any atom is -0.494 e.